The molecule has 1 saturated heterocycles. The molecule has 9 heteroatoms. The Balaban J connectivity index is 1.59. The first-order valence-corrected chi connectivity index (χ1v) is 9.10. The summed E-state index contributed by atoms with van der Waals surface area (Å²) in [5.74, 6) is 0.433. The van der Waals surface area contributed by atoms with Crippen molar-refractivity contribution in [2.75, 3.05) is 36.3 Å². The van der Waals surface area contributed by atoms with E-state index in [2.05, 4.69) is 20.8 Å². The first kappa shape index (κ1) is 19.4. The summed E-state index contributed by atoms with van der Waals surface area (Å²) in [6.07, 6.45) is 2.98. The number of nitrogen functional groups attached to an aromatic ring is 1. The molecule has 9 nitrogen and oxygen atoms in total. The summed E-state index contributed by atoms with van der Waals surface area (Å²) in [7, 11) is 1.40. The van der Waals surface area contributed by atoms with E-state index in [1.807, 2.05) is 35.2 Å². The van der Waals surface area contributed by atoms with E-state index in [0.29, 0.717) is 43.3 Å². The highest BCUT2D eigenvalue weighted by molar-refractivity contribution is 5.82. The predicted octanol–water partition coefficient (Wildman–Crippen LogP) is 1.13. The van der Waals surface area contributed by atoms with Gasteiger partial charge in [-0.3, -0.25) is 20.4 Å². The van der Waals surface area contributed by atoms with Crippen LogP contribution in [0.3, 0.4) is 0 Å². The summed E-state index contributed by atoms with van der Waals surface area (Å²) in [5.41, 5.74) is 12.8. The third kappa shape index (κ3) is 4.67. The van der Waals surface area contributed by atoms with Gasteiger partial charge in [-0.15, -0.1) is 0 Å². The number of methoxy groups -OCH3 is 1. The largest absolute Gasteiger partial charge is 0.469 e. The van der Waals surface area contributed by atoms with E-state index < -0.39 is 0 Å². The number of amides is 1. The van der Waals surface area contributed by atoms with Gasteiger partial charge in [0.05, 0.1) is 19.4 Å². The van der Waals surface area contributed by atoms with Gasteiger partial charge in [-0.1, -0.05) is 30.3 Å². The van der Waals surface area contributed by atoms with Crippen LogP contribution in [0, 0.1) is 5.92 Å². The minimum Gasteiger partial charge on any atom is -0.469 e. The maximum absolute atomic E-state index is 12.1. The second kappa shape index (κ2) is 9.03. The van der Waals surface area contributed by atoms with Crippen LogP contribution in [0.2, 0.25) is 0 Å². The summed E-state index contributed by atoms with van der Waals surface area (Å²) >= 11 is 0. The molecule has 1 aliphatic heterocycles. The number of carbonyl (C=O) groups excluding carboxylic acids is 2. The number of esters is 1. The molecule has 0 radical (unpaired) electrons. The van der Waals surface area contributed by atoms with Gasteiger partial charge in [0.1, 0.15) is 12.0 Å². The highest BCUT2D eigenvalue weighted by Gasteiger charge is 2.27. The van der Waals surface area contributed by atoms with Crippen molar-refractivity contribution in [3.05, 3.63) is 42.2 Å². The number of rotatable bonds is 6. The van der Waals surface area contributed by atoms with Crippen molar-refractivity contribution in [2.45, 2.75) is 19.3 Å². The summed E-state index contributed by atoms with van der Waals surface area (Å²) in [6, 6.07) is 9.43. The van der Waals surface area contributed by atoms with E-state index in [1.54, 1.807) is 0 Å². The summed E-state index contributed by atoms with van der Waals surface area (Å²) in [4.78, 5) is 34.2. The van der Waals surface area contributed by atoms with Crippen molar-refractivity contribution in [3.63, 3.8) is 0 Å². The molecule has 1 aromatic heterocycles. The molecule has 0 bridgehead atoms. The van der Waals surface area contributed by atoms with E-state index in [4.69, 9.17) is 10.5 Å². The molecule has 0 unspecified atom stereocenters. The van der Waals surface area contributed by atoms with Crippen molar-refractivity contribution in [2.24, 2.45) is 5.92 Å². The number of hydrazine groups is 1. The van der Waals surface area contributed by atoms with Gasteiger partial charge in [0.15, 0.2) is 11.6 Å². The summed E-state index contributed by atoms with van der Waals surface area (Å²) < 4.78 is 4.81. The molecule has 1 amide bonds. The molecule has 2 heterocycles. The van der Waals surface area contributed by atoms with Crippen LogP contribution in [0.4, 0.5) is 17.3 Å². The maximum Gasteiger partial charge on any atom is 0.308 e. The van der Waals surface area contributed by atoms with E-state index >= 15 is 0 Å². The lowest BCUT2D eigenvalue weighted by Gasteiger charge is -2.32. The number of benzene rings is 1. The van der Waals surface area contributed by atoms with Crippen LogP contribution in [0.1, 0.15) is 18.4 Å². The number of carbonyl (C=O) groups is 2. The van der Waals surface area contributed by atoms with E-state index in [-0.39, 0.29) is 24.2 Å². The highest BCUT2D eigenvalue weighted by Crippen LogP contribution is 2.29. The van der Waals surface area contributed by atoms with Gasteiger partial charge in [-0.25, -0.2) is 9.97 Å². The fourth-order valence-electron chi connectivity index (χ4n) is 3.19. The zero-order valence-corrected chi connectivity index (χ0v) is 15.7. The summed E-state index contributed by atoms with van der Waals surface area (Å²) in [6.45, 7) is 1.28. The average Bonchev–Trinajstić information content (AvgIpc) is 2.73. The first-order valence-electron chi connectivity index (χ1n) is 9.10. The number of piperidine rings is 1. The van der Waals surface area contributed by atoms with Gasteiger partial charge in [0.25, 0.3) is 0 Å². The quantitative estimate of drug-likeness (QED) is 0.500. The van der Waals surface area contributed by atoms with Crippen molar-refractivity contribution in [3.8, 4) is 0 Å². The first-order chi connectivity index (χ1) is 13.6. The van der Waals surface area contributed by atoms with Gasteiger partial charge in [-0.05, 0) is 18.4 Å². The van der Waals surface area contributed by atoms with Crippen LogP contribution in [-0.2, 0) is 20.7 Å². The number of nitrogens with zero attached hydrogens (tertiary/aromatic N) is 3. The number of anilines is 3. The molecular weight excluding hydrogens is 360 g/mol. The lowest BCUT2D eigenvalue weighted by molar-refractivity contribution is -0.146. The van der Waals surface area contributed by atoms with Crippen molar-refractivity contribution in [1.82, 2.24) is 15.4 Å². The monoisotopic (exact) mass is 384 g/mol. The molecule has 4 N–H and O–H groups in total. The van der Waals surface area contributed by atoms with E-state index in [0.717, 1.165) is 5.56 Å². The molecular formula is C19H24N6O3. The Bertz CT molecular complexity index is 822. The van der Waals surface area contributed by atoms with Gasteiger partial charge in [0.2, 0.25) is 5.91 Å². The number of hydrogen-bond acceptors (Lipinski definition) is 8. The molecule has 1 fully saturated rings. The van der Waals surface area contributed by atoms with Gasteiger partial charge >= 0.3 is 5.97 Å². The lowest BCUT2D eigenvalue weighted by Crippen LogP contribution is -2.38. The molecule has 0 saturated carbocycles. The predicted molar refractivity (Wildman–Crippen MR) is 105 cm³/mol. The van der Waals surface area contributed by atoms with Crippen LogP contribution in [0.15, 0.2) is 36.7 Å². The number of hydrogen-bond donors (Lipinski definition) is 3. The van der Waals surface area contributed by atoms with Crippen LogP contribution in [0.5, 0.6) is 0 Å². The van der Waals surface area contributed by atoms with E-state index in [9.17, 15) is 9.59 Å². The number of ether oxygens (including phenoxy) is 1. The fourth-order valence-corrected chi connectivity index (χ4v) is 3.19. The Hall–Kier alpha value is -3.36. The molecule has 0 atom stereocenters. The molecule has 3 rings (SSSR count). The SMILES string of the molecule is COC(=O)C1CCN(c2ncnc(NNC(=O)Cc3ccccc3)c2N)CC1. The molecule has 28 heavy (non-hydrogen) atoms. The molecule has 2 aromatic rings. The Morgan fingerprint density at radius 1 is 1.21 bits per heavy atom. The topological polar surface area (TPSA) is 122 Å². The zero-order chi connectivity index (χ0) is 19.9. The molecule has 0 aliphatic carbocycles. The normalized spacial score (nSPS) is 14.4. The van der Waals surface area contributed by atoms with Crippen molar-refractivity contribution in [1.29, 1.82) is 0 Å². The maximum atomic E-state index is 12.1. The van der Waals surface area contributed by atoms with Gasteiger partial charge < -0.3 is 15.4 Å². The van der Waals surface area contributed by atoms with E-state index in [1.165, 1.54) is 13.4 Å². The molecule has 1 aromatic carbocycles. The van der Waals surface area contributed by atoms with Crippen LogP contribution in [-0.4, -0.2) is 42.0 Å². The Morgan fingerprint density at radius 2 is 1.93 bits per heavy atom. The third-order valence-electron chi connectivity index (χ3n) is 4.72. The second-order valence-electron chi connectivity index (χ2n) is 6.58. The van der Waals surface area contributed by atoms with Crippen LogP contribution < -0.4 is 21.5 Å². The smallest absolute Gasteiger partial charge is 0.308 e. The zero-order valence-electron chi connectivity index (χ0n) is 15.7. The minimum atomic E-state index is -0.204. The number of nitrogens with two attached hydrogens (primary N) is 1. The Kier molecular flexibility index (Phi) is 6.25. The van der Waals surface area contributed by atoms with Crippen LogP contribution >= 0.6 is 0 Å². The van der Waals surface area contributed by atoms with Gasteiger partial charge in [0, 0.05) is 13.1 Å². The summed E-state index contributed by atoms with van der Waals surface area (Å²) in [5, 5.41) is 0. The third-order valence-corrected chi connectivity index (χ3v) is 4.72. The lowest BCUT2D eigenvalue weighted by atomic mass is 9.97. The fraction of sp³-hybridized carbons (Fsp3) is 0.368. The highest BCUT2D eigenvalue weighted by atomic mass is 16.5. The van der Waals surface area contributed by atoms with Gasteiger partial charge in [-0.2, -0.15) is 0 Å². The average molecular weight is 384 g/mol. The minimum absolute atomic E-state index is 0.0980. The standard InChI is InChI=1S/C19H24N6O3/c1-28-19(27)14-7-9-25(10-8-14)18-16(20)17(21-12-22-18)24-23-15(26)11-13-5-3-2-4-6-13/h2-6,12,14H,7-11,20H2,1H3,(H,23,26)(H,21,22,24). The Labute approximate surface area is 163 Å². The van der Waals surface area contributed by atoms with Crippen molar-refractivity contribution >= 4 is 29.2 Å². The molecule has 0 spiro atoms. The Morgan fingerprint density at radius 3 is 2.61 bits per heavy atom. The second-order valence-corrected chi connectivity index (χ2v) is 6.58. The van der Waals surface area contributed by atoms with Crippen LogP contribution in [0.25, 0.3) is 0 Å². The molecule has 1 aliphatic rings. The number of aromatic nitrogens is 2. The molecule has 148 valence electrons. The van der Waals surface area contributed by atoms with Crippen molar-refractivity contribution < 1.29 is 14.3 Å². The number of nitrogens with one attached hydrogen (secondary N) is 2.